The summed E-state index contributed by atoms with van der Waals surface area (Å²) in [4.78, 5) is 11.7. The molecule has 5 heteroatoms. The number of carbonyl (C=O) groups excluding carboxylic acids is 1. The van der Waals surface area contributed by atoms with Gasteiger partial charge in [0.05, 0.1) is 5.56 Å². The molecule has 1 aromatic rings. The van der Waals surface area contributed by atoms with Crippen molar-refractivity contribution >= 4 is 11.7 Å². The molecule has 0 spiro atoms. The van der Waals surface area contributed by atoms with Gasteiger partial charge in [-0.2, -0.15) is 0 Å². The van der Waals surface area contributed by atoms with Gasteiger partial charge in [-0.1, -0.05) is 0 Å². The first-order chi connectivity index (χ1) is 8.04. The van der Waals surface area contributed by atoms with Gasteiger partial charge in [-0.3, -0.25) is 0 Å². The molecular formula is C12H16FNO3. The first-order valence-corrected chi connectivity index (χ1v) is 5.29. The lowest BCUT2D eigenvalue weighted by molar-refractivity contribution is 0.0268. The smallest absolute Gasteiger partial charge is 0.340 e. The number of hydrogen-bond donors (Lipinski definition) is 1. The standard InChI is InChI=1S/C12H16FNO3/c1-8(5-6-16-2)17-12(15)10-4-3-9(13)7-11(10)14/h3-4,7-8H,5-6,14H2,1-2H3. The second-order valence-electron chi connectivity index (χ2n) is 3.73. The Morgan fingerprint density at radius 2 is 2.24 bits per heavy atom. The molecule has 4 nitrogen and oxygen atoms in total. The van der Waals surface area contributed by atoms with Crippen molar-refractivity contribution in [3.05, 3.63) is 29.6 Å². The number of anilines is 1. The number of halogens is 1. The van der Waals surface area contributed by atoms with Gasteiger partial charge < -0.3 is 15.2 Å². The van der Waals surface area contributed by atoms with E-state index in [-0.39, 0.29) is 17.4 Å². The van der Waals surface area contributed by atoms with E-state index in [1.54, 1.807) is 14.0 Å². The molecule has 17 heavy (non-hydrogen) atoms. The van der Waals surface area contributed by atoms with Crippen LogP contribution in [-0.4, -0.2) is 25.8 Å². The maximum atomic E-state index is 12.8. The van der Waals surface area contributed by atoms with Crippen LogP contribution in [0.1, 0.15) is 23.7 Å². The number of hydrogen-bond acceptors (Lipinski definition) is 4. The molecule has 0 radical (unpaired) electrons. The fraction of sp³-hybridized carbons (Fsp3) is 0.417. The average Bonchev–Trinajstić information content (AvgIpc) is 2.26. The molecule has 0 aromatic heterocycles. The Balaban J connectivity index is 2.63. The van der Waals surface area contributed by atoms with Gasteiger partial charge in [0.2, 0.25) is 0 Å². The van der Waals surface area contributed by atoms with Crippen LogP contribution in [0.25, 0.3) is 0 Å². The lowest BCUT2D eigenvalue weighted by Crippen LogP contribution is -2.17. The van der Waals surface area contributed by atoms with Crippen LogP contribution in [0.3, 0.4) is 0 Å². The Kier molecular flexibility index (Phi) is 4.90. The minimum Gasteiger partial charge on any atom is -0.459 e. The Hall–Kier alpha value is -1.62. The molecule has 94 valence electrons. The second-order valence-corrected chi connectivity index (χ2v) is 3.73. The van der Waals surface area contributed by atoms with Crippen molar-refractivity contribution < 1.29 is 18.7 Å². The van der Waals surface area contributed by atoms with Gasteiger partial charge in [-0.15, -0.1) is 0 Å². The number of methoxy groups -OCH3 is 1. The molecule has 2 N–H and O–H groups in total. The van der Waals surface area contributed by atoms with Crippen LogP contribution in [0.2, 0.25) is 0 Å². The normalized spacial score (nSPS) is 12.2. The lowest BCUT2D eigenvalue weighted by Gasteiger charge is -2.13. The van der Waals surface area contributed by atoms with E-state index in [1.807, 2.05) is 0 Å². The summed E-state index contributed by atoms with van der Waals surface area (Å²) in [6.45, 7) is 2.27. The summed E-state index contributed by atoms with van der Waals surface area (Å²) in [5, 5.41) is 0. The zero-order valence-electron chi connectivity index (χ0n) is 9.90. The van der Waals surface area contributed by atoms with Crippen molar-refractivity contribution in [3.8, 4) is 0 Å². The van der Waals surface area contributed by atoms with Crippen LogP contribution in [0.4, 0.5) is 10.1 Å². The second kappa shape index (κ2) is 6.20. The van der Waals surface area contributed by atoms with Crippen LogP contribution in [0.5, 0.6) is 0 Å². The summed E-state index contributed by atoms with van der Waals surface area (Å²) in [5.74, 6) is -1.03. The number of benzene rings is 1. The van der Waals surface area contributed by atoms with Crippen LogP contribution >= 0.6 is 0 Å². The number of carbonyl (C=O) groups is 1. The quantitative estimate of drug-likeness (QED) is 0.632. The van der Waals surface area contributed by atoms with Gasteiger partial charge >= 0.3 is 5.97 Å². The third-order valence-electron chi connectivity index (χ3n) is 2.27. The SMILES string of the molecule is COCCC(C)OC(=O)c1ccc(F)cc1N. The molecular weight excluding hydrogens is 225 g/mol. The topological polar surface area (TPSA) is 61.5 Å². The van der Waals surface area contributed by atoms with E-state index in [2.05, 4.69) is 0 Å². The number of rotatable bonds is 5. The van der Waals surface area contributed by atoms with E-state index in [0.29, 0.717) is 13.0 Å². The molecule has 1 rings (SSSR count). The molecule has 1 unspecified atom stereocenters. The van der Waals surface area contributed by atoms with E-state index in [0.717, 1.165) is 6.07 Å². The van der Waals surface area contributed by atoms with E-state index >= 15 is 0 Å². The van der Waals surface area contributed by atoms with E-state index in [9.17, 15) is 9.18 Å². The number of ether oxygens (including phenoxy) is 2. The van der Waals surface area contributed by atoms with Crippen molar-refractivity contribution in [1.29, 1.82) is 0 Å². The highest BCUT2D eigenvalue weighted by atomic mass is 19.1. The molecule has 0 amide bonds. The first-order valence-electron chi connectivity index (χ1n) is 5.29. The molecule has 0 bridgehead atoms. The van der Waals surface area contributed by atoms with Crippen LogP contribution in [-0.2, 0) is 9.47 Å². The van der Waals surface area contributed by atoms with Crippen molar-refractivity contribution in [2.24, 2.45) is 0 Å². The van der Waals surface area contributed by atoms with Crippen molar-refractivity contribution in [2.45, 2.75) is 19.4 Å². The summed E-state index contributed by atoms with van der Waals surface area (Å²) in [7, 11) is 1.58. The summed E-state index contributed by atoms with van der Waals surface area (Å²) >= 11 is 0. The van der Waals surface area contributed by atoms with Crippen LogP contribution in [0.15, 0.2) is 18.2 Å². The fourth-order valence-electron chi connectivity index (χ4n) is 1.31. The highest BCUT2D eigenvalue weighted by molar-refractivity contribution is 5.95. The van der Waals surface area contributed by atoms with Gasteiger partial charge in [0.1, 0.15) is 11.9 Å². The van der Waals surface area contributed by atoms with Gasteiger partial charge in [0.15, 0.2) is 0 Å². The number of esters is 1. The third kappa shape index (κ3) is 4.03. The van der Waals surface area contributed by atoms with E-state index in [1.165, 1.54) is 12.1 Å². The molecule has 0 saturated carbocycles. The highest BCUT2D eigenvalue weighted by Gasteiger charge is 2.15. The minimum atomic E-state index is -0.550. The average molecular weight is 241 g/mol. The molecule has 0 fully saturated rings. The lowest BCUT2D eigenvalue weighted by atomic mass is 10.2. The van der Waals surface area contributed by atoms with Crippen LogP contribution < -0.4 is 5.73 Å². The number of nitrogens with two attached hydrogens (primary N) is 1. The molecule has 0 aliphatic rings. The molecule has 0 heterocycles. The highest BCUT2D eigenvalue weighted by Crippen LogP contribution is 2.15. The third-order valence-corrected chi connectivity index (χ3v) is 2.27. The monoisotopic (exact) mass is 241 g/mol. The Morgan fingerprint density at radius 3 is 2.82 bits per heavy atom. The van der Waals surface area contributed by atoms with Crippen molar-refractivity contribution in [3.63, 3.8) is 0 Å². The van der Waals surface area contributed by atoms with Gasteiger partial charge in [0.25, 0.3) is 0 Å². The van der Waals surface area contributed by atoms with Gasteiger partial charge in [-0.25, -0.2) is 9.18 Å². The largest absolute Gasteiger partial charge is 0.459 e. The molecule has 0 saturated heterocycles. The molecule has 0 aliphatic carbocycles. The minimum absolute atomic E-state index is 0.0777. The van der Waals surface area contributed by atoms with Gasteiger partial charge in [-0.05, 0) is 25.1 Å². The Morgan fingerprint density at radius 1 is 1.53 bits per heavy atom. The van der Waals surface area contributed by atoms with E-state index in [4.69, 9.17) is 15.2 Å². The number of nitrogen functional groups attached to an aromatic ring is 1. The maximum absolute atomic E-state index is 12.8. The van der Waals surface area contributed by atoms with Gasteiger partial charge in [0, 0.05) is 25.8 Å². The molecule has 1 aromatic carbocycles. The first kappa shape index (κ1) is 13.4. The summed E-state index contributed by atoms with van der Waals surface area (Å²) in [5.41, 5.74) is 5.79. The molecule has 1 atom stereocenters. The summed E-state index contributed by atoms with van der Waals surface area (Å²) < 4.78 is 22.8. The summed E-state index contributed by atoms with van der Waals surface area (Å²) in [6.07, 6.45) is 0.329. The van der Waals surface area contributed by atoms with Crippen molar-refractivity contribution in [1.82, 2.24) is 0 Å². The van der Waals surface area contributed by atoms with Crippen LogP contribution in [0, 0.1) is 5.82 Å². The fourth-order valence-corrected chi connectivity index (χ4v) is 1.31. The Bertz CT molecular complexity index is 395. The molecule has 0 aliphatic heterocycles. The predicted octanol–water partition coefficient (Wildman–Crippen LogP) is 1.99. The zero-order chi connectivity index (χ0) is 12.8. The zero-order valence-corrected chi connectivity index (χ0v) is 9.90. The van der Waals surface area contributed by atoms with Crippen molar-refractivity contribution in [2.75, 3.05) is 19.5 Å². The predicted molar refractivity (Wildman–Crippen MR) is 62.2 cm³/mol. The summed E-state index contributed by atoms with van der Waals surface area (Å²) in [6, 6.07) is 3.58. The van der Waals surface area contributed by atoms with E-state index < -0.39 is 11.8 Å². The Labute approximate surface area is 99.5 Å². The maximum Gasteiger partial charge on any atom is 0.340 e.